The van der Waals surface area contributed by atoms with Crippen LogP contribution in [0.1, 0.15) is 15.9 Å². The van der Waals surface area contributed by atoms with Gasteiger partial charge < -0.3 is 14.9 Å². The van der Waals surface area contributed by atoms with Crippen molar-refractivity contribution in [2.45, 2.75) is 6.61 Å². The Morgan fingerprint density at radius 3 is 2.37 bits per heavy atom. The van der Waals surface area contributed by atoms with E-state index in [-0.39, 0.29) is 17.9 Å². The fourth-order valence-corrected chi connectivity index (χ4v) is 1.51. The van der Waals surface area contributed by atoms with Crippen molar-refractivity contribution in [3.05, 3.63) is 59.4 Å². The molecule has 0 heterocycles. The van der Waals surface area contributed by atoms with Crippen molar-refractivity contribution >= 4 is 5.97 Å². The van der Waals surface area contributed by atoms with Gasteiger partial charge in [-0.05, 0) is 35.9 Å². The Morgan fingerprint density at radius 1 is 1.16 bits per heavy atom. The van der Waals surface area contributed by atoms with Crippen LogP contribution < -0.4 is 4.74 Å². The number of aliphatic hydroxyl groups excluding tert-OH is 1. The summed E-state index contributed by atoms with van der Waals surface area (Å²) < 4.78 is 18.9. The van der Waals surface area contributed by atoms with E-state index in [0.717, 1.165) is 6.07 Å². The highest BCUT2D eigenvalue weighted by molar-refractivity contribution is 5.87. The molecule has 0 radical (unpaired) electrons. The van der Waals surface area contributed by atoms with E-state index in [4.69, 9.17) is 14.9 Å². The van der Waals surface area contributed by atoms with Crippen molar-refractivity contribution in [3.63, 3.8) is 0 Å². The third-order valence-corrected chi connectivity index (χ3v) is 2.51. The summed E-state index contributed by atoms with van der Waals surface area (Å²) in [5, 5.41) is 17.6. The Bertz CT molecular complexity index is 593. The number of ether oxygens (including phenoxy) is 1. The van der Waals surface area contributed by atoms with Gasteiger partial charge in [-0.15, -0.1) is 0 Å². The summed E-state index contributed by atoms with van der Waals surface area (Å²) >= 11 is 0. The lowest BCUT2D eigenvalue weighted by Crippen LogP contribution is -1.98. The minimum absolute atomic E-state index is 0.0539. The zero-order valence-corrected chi connectivity index (χ0v) is 9.84. The standard InChI is InChI=1S/C14H11FO4/c15-12-7-10(14(17)18)3-6-13(12)19-11-4-1-9(8-16)2-5-11/h1-7,16H,8H2,(H,17,18). The quantitative estimate of drug-likeness (QED) is 0.889. The predicted octanol–water partition coefficient (Wildman–Crippen LogP) is 2.81. The van der Waals surface area contributed by atoms with Gasteiger partial charge in [-0.1, -0.05) is 12.1 Å². The van der Waals surface area contributed by atoms with Crippen molar-refractivity contribution in [3.8, 4) is 11.5 Å². The van der Waals surface area contributed by atoms with E-state index in [1.54, 1.807) is 24.3 Å². The molecule has 0 unspecified atom stereocenters. The number of hydrogen-bond acceptors (Lipinski definition) is 3. The maximum atomic E-state index is 13.6. The third kappa shape index (κ3) is 3.08. The van der Waals surface area contributed by atoms with E-state index in [1.165, 1.54) is 12.1 Å². The number of aliphatic hydroxyl groups is 1. The van der Waals surface area contributed by atoms with E-state index >= 15 is 0 Å². The van der Waals surface area contributed by atoms with Gasteiger partial charge >= 0.3 is 5.97 Å². The van der Waals surface area contributed by atoms with Gasteiger partial charge in [-0.3, -0.25) is 0 Å². The molecule has 0 fully saturated rings. The van der Waals surface area contributed by atoms with Crippen LogP contribution in [0, 0.1) is 5.82 Å². The minimum Gasteiger partial charge on any atom is -0.478 e. The number of carboxylic acids is 1. The summed E-state index contributed by atoms with van der Waals surface area (Å²) in [6, 6.07) is 9.92. The van der Waals surface area contributed by atoms with E-state index in [1.807, 2.05) is 0 Å². The monoisotopic (exact) mass is 262 g/mol. The number of rotatable bonds is 4. The number of hydrogen-bond donors (Lipinski definition) is 2. The Labute approximate surface area is 108 Å². The molecule has 2 rings (SSSR count). The molecule has 0 amide bonds. The summed E-state index contributed by atoms with van der Waals surface area (Å²) in [5.41, 5.74) is 0.578. The average Bonchev–Trinajstić information content (AvgIpc) is 2.41. The fraction of sp³-hybridized carbons (Fsp3) is 0.0714. The van der Waals surface area contributed by atoms with Gasteiger partial charge in [-0.2, -0.15) is 0 Å². The molecule has 0 spiro atoms. The molecule has 2 N–H and O–H groups in total. The number of carbonyl (C=O) groups is 1. The average molecular weight is 262 g/mol. The maximum Gasteiger partial charge on any atom is 0.335 e. The molecule has 98 valence electrons. The molecule has 0 aromatic heterocycles. The SMILES string of the molecule is O=C(O)c1ccc(Oc2ccc(CO)cc2)c(F)c1. The van der Waals surface area contributed by atoms with Crippen LogP contribution >= 0.6 is 0 Å². The van der Waals surface area contributed by atoms with Crippen molar-refractivity contribution in [2.75, 3.05) is 0 Å². The largest absolute Gasteiger partial charge is 0.478 e. The topological polar surface area (TPSA) is 66.8 Å². The highest BCUT2D eigenvalue weighted by Gasteiger charge is 2.09. The second kappa shape index (κ2) is 5.49. The second-order valence-electron chi connectivity index (χ2n) is 3.85. The summed E-state index contributed by atoms with van der Waals surface area (Å²) in [6.07, 6.45) is 0. The predicted molar refractivity (Wildman–Crippen MR) is 65.8 cm³/mol. The molecule has 4 nitrogen and oxygen atoms in total. The second-order valence-corrected chi connectivity index (χ2v) is 3.85. The van der Waals surface area contributed by atoms with Gasteiger partial charge in [0.05, 0.1) is 12.2 Å². The van der Waals surface area contributed by atoms with Gasteiger partial charge in [0.1, 0.15) is 5.75 Å². The van der Waals surface area contributed by atoms with Crippen LogP contribution in [0.5, 0.6) is 11.5 Å². The van der Waals surface area contributed by atoms with Crippen LogP contribution in [-0.4, -0.2) is 16.2 Å². The maximum absolute atomic E-state index is 13.6. The number of halogens is 1. The van der Waals surface area contributed by atoms with Crippen LogP contribution in [0.15, 0.2) is 42.5 Å². The summed E-state index contributed by atoms with van der Waals surface area (Å²) in [6.45, 7) is -0.0814. The molecule has 2 aromatic rings. The lowest BCUT2D eigenvalue weighted by molar-refractivity contribution is 0.0696. The Kier molecular flexibility index (Phi) is 3.77. The van der Waals surface area contributed by atoms with Gasteiger partial charge in [0.15, 0.2) is 11.6 Å². The molecule has 0 aliphatic carbocycles. The first-order valence-corrected chi connectivity index (χ1v) is 5.50. The van der Waals surface area contributed by atoms with Crippen molar-refractivity contribution in [1.82, 2.24) is 0 Å². The van der Waals surface area contributed by atoms with Gasteiger partial charge in [-0.25, -0.2) is 9.18 Å². The minimum atomic E-state index is -1.20. The molecule has 0 atom stereocenters. The summed E-state index contributed by atoms with van der Waals surface area (Å²) in [4.78, 5) is 10.7. The zero-order valence-electron chi connectivity index (χ0n) is 9.84. The first-order valence-electron chi connectivity index (χ1n) is 5.50. The number of aromatic carboxylic acids is 1. The first kappa shape index (κ1) is 13.0. The Hall–Kier alpha value is -2.40. The highest BCUT2D eigenvalue weighted by Crippen LogP contribution is 2.25. The molecule has 19 heavy (non-hydrogen) atoms. The van der Waals surface area contributed by atoms with Crippen molar-refractivity contribution in [1.29, 1.82) is 0 Å². The Morgan fingerprint density at radius 2 is 1.84 bits per heavy atom. The van der Waals surface area contributed by atoms with Gasteiger partial charge in [0.25, 0.3) is 0 Å². The summed E-state index contributed by atoms with van der Waals surface area (Å²) in [5.74, 6) is -1.59. The fourth-order valence-electron chi connectivity index (χ4n) is 1.51. The third-order valence-electron chi connectivity index (χ3n) is 2.51. The van der Waals surface area contributed by atoms with Crippen LogP contribution in [0.25, 0.3) is 0 Å². The number of benzene rings is 2. The van der Waals surface area contributed by atoms with Crippen LogP contribution in [0.3, 0.4) is 0 Å². The molecular weight excluding hydrogens is 251 g/mol. The van der Waals surface area contributed by atoms with Crippen molar-refractivity contribution in [2.24, 2.45) is 0 Å². The van der Waals surface area contributed by atoms with Crippen LogP contribution in [0.2, 0.25) is 0 Å². The zero-order chi connectivity index (χ0) is 13.8. The normalized spacial score (nSPS) is 10.2. The lowest BCUT2D eigenvalue weighted by atomic mass is 10.2. The summed E-state index contributed by atoms with van der Waals surface area (Å²) in [7, 11) is 0. The lowest BCUT2D eigenvalue weighted by Gasteiger charge is -2.07. The van der Waals surface area contributed by atoms with Crippen LogP contribution in [-0.2, 0) is 6.61 Å². The molecule has 2 aromatic carbocycles. The van der Waals surface area contributed by atoms with Crippen molar-refractivity contribution < 1.29 is 24.1 Å². The van der Waals surface area contributed by atoms with Gasteiger partial charge in [0, 0.05) is 0 Å². The van der Waals surface area contributed by atoms with Gasteiger partial charge in [0.2, 0.25) is 0 Å². The molecule has 0 aliphatic rings. The Balaban J connectivity index is 2.20. The molecule has 0 bridgehead atoms. The van der Waals surface area contributed by atoms with Crippen LogP contribution in [0.4, 0.5) is 4.39 Å². The number of carboxylic acid groups (broad SMARTS) is 1. The van der Waals surface area contributed by atoms with E-state index in [0.29, 0.717) is 11.3 Å². The van der Waals surface area contributed by atoms with E-state index in [9.17, 15) is 9.18 Å². The van der Waals surface area contributed by atoms with E-state index < -0.39 is 11.8 Å². The first-order chi connectivity index (χ1) is 9.10. The molecule has 0 saturated heterocycles. The van der Waals surface area contributed by atoms with E-state index in [2.05, 4.69) is 0 Å². The molecule has 5 heteroatoms. The molecule has 0 aliphatic heterocycles. The highest BCUT2D eigenvalue weighted by atomic mass is 19.1. The molecule has 0 saturated carbocycles. The smallest absolute Gasteiger partial charge is 0.335 e. The molecular formula is C14H11FO4.